The maximum absolute atomic E-state index is 13.6. The number of pyridine rings is 1. The lowest BCUT2D eigenvalue weighted by atomic mass is 10.1. The first-order valence-corrected chi connectivity index (χ1v) is 8.79. The van der Waals surface area contributed by atoms with Crippen LogP contribution in [0.2, 0.25) is 0 Å². The van der Waals surface area contributed by atoms with Crippen molar-refractivity contribution < 1.29 is 13.5 Å². The van der Waals surface area contributed by atoms with E-state index >= 15 is 0 Å². The van der Waals surface area contributed by atoms with Gasteiger partial charge in [-0.2, -0.15) is 0 Å². The fraction of sp³-hybridized carbons (Fsp3) is 0.316. The summed E-state index contributed by atoms with van der Waals surface area (Å²) in [4.78, 5) is 14.2. The molecule has 0 bridgehead atoms. The molecule has 0 aliphatic carbocycles. The van der Waals surface area contributed by atoms with Crippen LogP contribution in [0.5, 0.6) is 5.88 Å². The number of anilines is 1. The van der Waals surface area contributed by atoms with Gasteiger partial charge in [0.15, 0.2) is 11.6 Å². The molecule has 4 rings (SSSR count). The predicted octanol–water partition coefficient (Wildman–Crippen LogP) is 3.06. The van der Waals surface area contributed by atoms with E-state index in [1.807, 2.05) is 17.2 Å². The van der Waals surface area contributed by atoms with Gasteiger partial charge >= 0.3 is 0 Å². The summed E-state index contributed by atoms with van der Waals surface area (Å²) in [7, 11) is 0. The Morgan fingerprint density at radius 1 is 1.07 bits per heavy atom. The van der Waals surface area contributed by atoms with E-state index in [1.165, 1.54) is 30.7 Å². The topological polar surface area (TPSA) is 56.1 Å². The Labute approximate surface area is 155 Å². The van der Waals surface area contributed by atoms with E-state index in [-0.39, 0.29) is 11.8 Å². The van der Waals surface area contributed by atoms with E-state index in [9.17, 15) is 8.78 Å². The van der Waals surface area contributed by atoms with Crippen LogP contribution in [0.4, 0.5) is 14.7 Å². The minimum absolute atomic E-state index is 0.0199. The number of fused-ring (bicyclic) bond motifs is 1. The number of ether oxygens (including phenoxy) is 1. The van der Waals surface area contributed by atoms with Gasteiger partial charge in [0.2, 0.25) is 11.8 Å². The molecule has 1 aliphatic heterocycles. The Morgan fingerprint density at radius 2 is 1.93 bits per heavy atom. The van der Waals surface area contributed by atoms with Crippen LogP contribution in [0.15, 0.2) is 49.1 Å². The molecule has 0 radical (unpaired) electrons. The van der Waals surface area contributed by atoms with Gasteiger partial charge in [0.05, 0.1) is 25.5 Å². The van der Waals surface area contributed by atoms with E-state index in [2.05, 4.69) is 25.6 Å². The maximum atomic E-state index is 13.6. The second-order valence-corrected chi connectivity index (χ2v) is 6.53. The molecule has 0 fully saturated rings. The summed E-state index contributed by atoms with van der Waals surface area (Å²) in [5, 5.41) is 0. The largest absolute Gasteiger partial charge is 0.476 e. The summed E-state index contributed by atoms with van der Waals surface area (Å²) in [5.41, 5.74) is 1.14. The van der Waals surface area contributed by atoms with Gasteiger partial charge < -0.3 is 14.2 Å². The minimum Gasteiger partial charge on any atom is -0.476 e. The normalized spacial score (nSPS) is 16.7. The smallest absolute Gasteiger partial charge is 0.250 e. The van der Waals surface area contributed by atoms with Crippen molar-refractivity contribution in [2.75, 3.05) is 18.1 Å². The molecule has 8 heteroatoms. The molecule has 0 amide bonds. The van der Waals surface area contributed by atoms with Crippen molar-refractivity contribution in [2.24, 2.45) is 5.92 Å². The van der Waals surface area contributed by atoms with Crippen molar-refractivity contribution in [3.8, 4) is 5.88 Å². The van der Waals surface area contributed by atoms with Crippen LogP contribution < -0.4 is 9.64 Å². The lowest BCUT2D eigenvalue weighted by Gasteiger charge is -2.24. The lowest BCUT2D eigenvalue weighted by Crippen LogP contribution is -2.30. The molecule has 3 aromatic rings. The monoisotopic (exact) mass is 371 g/mol. The number of hydrogen-bond donors (Lipinski definition) is 0. The van der Waals surface area contributed by atoms with Gasteiger partial charge in [0.1, 0.15) is 0 Å². The number of halogens is 2. The maximum Gasteiger partial charge on any atom is 0.250 e. The van der Waals surface area contributed by atoms with Gasteiger partial charge in [-0.25, -0.2) is 23.7 Å². The van der Waals surface area contributed by atoms with Crippen molar-refractivity contribution in [3.05, 3.63) is 66.4 Å². The molecule has 0 spiro atoms. The number of aromatic nitrogens is 4. The Morgan fingerprint density at radius 3 is 2.74 bits per heavy atom. The van der Waals surface area contributed by atoms with Crippen LogP contribution in [0.1, 0.15) is 12.1 Å². The van der Waals surface area contributed by atoms with Crippen molar-refractivity contribution in [2.45, 2.75) is 19.5 Å². The van der Waals surface area contributed by atoms with Crippen LogP contribution in [-0.2, 0) is 13.1 Å². The van der Waals surface area contributed by atoms with Gasteiger partial charge in [0, 0.05) is 31.2 Å². The van der Waals surface area contributed by atoms with Crippen LogP contribution >= 0.6 is 0 Å². The Balaban J connectivity index is 1.46. The number of rotatable bonds is 5. The van der Waals surface area contributed by atoms with Crippen molar-refractivity contribution in [1.29, 1.82) is 0 Å². The fourth-order valence-electron chi connectivity index (χ4n) is 3.28. The molecule has 1 atom stereocenters. The SMILES string of the molecule is Fc1cnc(N2Cc3cccn3CC(CCOc3ncccc3F)C2)nc1. The van der Waals surface area contributed by atoms with Gasteiger partial charge in [-0.15, -0.1) is 0 Å². The third-order valence-electron chi connectivity index (χ3n) is 4.59. The molecular formula is C19H19F2N5O. The molecule has 0 aromatic carbocycles. The van der Waals surface area contributed by atoms with Crippen LogP contribution in [-0.4, -0.2) is 32.7 Å². The molecule has 3 aromatic heterocycles. The van der Waals surface area contributed by atoms with Crippen LogP contribution in [0, 0.1) is 17.6 Å². The average molecular weight is 371 g/mol. The van der Waals surface area contributed by atoms with E-state index in [0.29, 0.717) is 32.1 Å². The second-order valence-electron chi connectivity index (χ2n) is 6.53. The van der Waals surface area contributed by atoms with E-state index in [1.54, 1.807) is 0 Å². The fourth-order valence-corrected chi connectivity index (χ4v) is 3.28. The Kier molecular flexibility index (Phi) is 4.95. The first-order chi connectivity index (χ1) is 13.2. The summed E-state index contributed by atoms with van der Waals surface area (Å²) >= 11 is 0. The van der Waals surface area contributed by atoms with Gasteiger partial charge in [-0.05, 0) is 36.6 Å². The summed E-state index contributed by atoms with van der Waals surface area (Å²) in [6.07, 6.45) is 6.61. The molecule has 140 valence electrons. The number of nitrogens with zero attached hydrogens (tertiary/aromatic N) is 5. The highest BCUT2D eigenvalue weighted by Crippen LogP contribution is 2.23. The first kappa shape index (κ1) is 17.4. The third-order valence-corrected chi connectivity index (χ3v) is 4.59. The highest BCUT2D eigenvalue weighted by Gasteiger charge is 2.23. The van der Waals surface area contributed by atoms with E-state index in [0.717, 1.165) is 12.2 Å². The molecule has 27 heavy (non-hydrogen) atoms. The highest BCUT2D eigenvalue weighted by atomic mass is 19.1. The van der Waals surface area contributed by atoms with Gasteiger partial charge in [-0.1, -0.05) is 0 Å². The summed E-state index contributed by atoms with van der Waals surface area (Å²) < 4.78 is 34.5. The predicted molar refractivity (Wildman–Crippen MR) is 95.3 cm³/mol. The molecule has 6 nitrogen and oxygen atoms in total. The third kappa shape index (κ3) is 4.05. The zero-order valence-corrected chi connectivity index (χ0v) is 14.6. The second kappa shape index (κ2) is 7.69. The van der Waals surface area contributed by atoms with Gasteiger partial charge in [-0.3, -0.25) is 0 Å². The Bertz CT molecular complexity index is 899. The summed E-state index contributed by atoms with van der Waals surface area (Å²) in [6.45, 7) is 2.51. The van der Waals surface area contributed by atoms with Crippen LogP contribution in [0.25, 0.3) is 0 Å². The summed E-state index contributed by atoms with van der Waals surface area (Å²) in [5.74, 6) is -0.176. The number of hydrogen-bond acceptors (Lipinski definition) is 5. The highest BCUT2D eigenvalue weighted by molar-refractivity contribution is 5.31. The summed E-state index contributed by atoms with van der Waals surface area (Å²) in [6, 6.07) is 6.91. The molecule has 4 heterocycles. The van der Waals surface area contributed by atoms with Crippen molar-refractivity contribution >= 4 is 5.95 Å². The average Bonchev–Trinajstić information content (AvgIpc) is 3.02. The Hall–Kier alpha value is -3.03. The van der Waals surface area contributed by atoms with Crippen molar-refractivity contribution in [1.82, 2.24) is 19.5 Å². The van der Waals surface area contributed by atoms with Crippen LogP contribution in [0.3, 0.4) is 0 Å². The van der Waals surface area contributed by atoms with Crippen molar-refractivity contribution in [3.63, 3.8) is 0 Å². The first-order valence-electron chi connectivity index (χ1n) is 8.79. The molecule has 0 N–H and O–H groups in total. The zero-order chi connectivity index (χ0) is 18.6. The standard InChI is InChI=1S/C19H19F2N5O/c20-15-9-23-19(24-10-15)26-12-14(11-25-7-2-3-16(25)13-26)5-8-27-18-17(21)4-1-6-22-18/h1-4,6-7,9-10,14H,5,8,11-13H2. The molecule has 1 unspecified atom stereocenters. The van der Waals surface area contributed by atoms with E-state index in [4.69, 9.17) is 4.74 Å². The molecule has 0 saturated heterocycles. The molecule has 0 saturated carbocycles. The lowest BCUT2D eigenvalue weighted by molar-refractivity contribution is 0.250. The zero-order valence-electron chi connectivity index (χ0n) is 14.6. The molecular weight excluding hydrogens is 352 g/mol. The minimum atomic E-state index is -0.465. The molecule has 1 aliphatic rings. The van der Waals surface area contributed by atoms with E-state index < -0.39 is 11.6 Å². The quantitative estimate of drug-likeness (QED) is 0.690. The van der Waals surface area contributed by atoms with Gasteiger partial charge in [0.25, 0.3) is 0 Å².